The van der Waals surface area contributed by atoms with E-state index in [1.54, 1.807) is 43.0 Å². The predicted molar refractivity (Wildman–Crippen MR) is 174 cm³/mol. The summed E-state index contributed by atoms with van der Waals surface area (Å²) in [5.41, 5.74) is 3.00. The number of nitrogens with one attached hydrogen (secondary N) is 2. The quantitative estimate of drug-likeness (QED) is 0.349. The molecule has 4 rings (SSSR count). The number of anilines is 1. The minimum absolute atomic E-state index is 0.111. The summed E-state index contributed by atoms with van der Waals surface area (Å²) in [4.78, 5) is 53.6. The second kappa shape index (κ2) is 15.4. The fourth-order valence-corrected chi connectivity index (χ4v) is 6.70. The summed E-state index contributed by atoms with van der Waals surface area (Å²) in [6.07, 6.45) is 4.68. The molecule has 1 aliphatic carbocycles. The van der Waals surface area contributed by atoms with E-state index in [1.807, 2.05) is 18.4 Å². The van der Waals surface area contributed by atoms with Crippen molar-refractivity contribution in [1.29, 1.82) is 0 Å². The van der Waals surface area contributed by atoms with Crippen molar-refractivity contribution >= 4 is 35.2 Å². The van der Waals surface area contributed by atoms with Gasteiger partial charge in [0.05, 0.1) is 46.1 Å². The van der Waals surface area contributed by atoms with Crippen LogP contribution in [0, 0.1) is 5.92 Å². The maximum atomic E-state index is 13.9. The molecule has 2 aliphatic rings. The van der Waals surface area contributed by atoms with Crippen molar-refractivity contribution in [2.75, 3.05) is 58.9 Å². The van der Waals surface area contributed by atoms with Crippen molar-refractivity contribution < 1.29 is 33.3 Å². The minimum Gasteiger partial charge on any atom is -0.493 e. The van der Waals surface area contributed by atoms with Crippen molar-refractivity contribution in [3.63, 3.8) is 0 Å². The van der Waals surface area contributed by atoms with Gasteiger partial charge in [-0.2, -0.15) is 11.8 Å². The summed E-state index contributed by atoms with van der Waals surface area (Å²) in [5, 5.41) is 6.28. The van der Waals surface area contributed by atoms with Crippen LogP contribution in [-0.4, -0.2) is 82.3 Å². The third kappa shape index (κ3) is 7.49. The van der Waals surface area contributed by atoms with Crippen LogP contribution in [0.3, 0.4) is 0 Å². The second-order valence-corrected chi connectivity index (χ2v) is 12.2. The van der Waals surface area contributed by atoms with Gasteiger partial charge in [0.25, 0.3) is 0 Å². The Labute approximate surface area is 268 Å². The number of benzene rings is 1. The predicted octanol–water partition coefficient (Wildman–Crippen LogP) is 3.81. The van der Waals surface area contributed by atoms with Gasteiger partial charge in [-0.25, -0.2) is 0 Å². The van der Waals surface area contributed by atoms with Crippen molar-refractivity contribution in [1.82, 2.24) is 10.2 Å². The molecule has 2 aromatic carbocycles. The summed E-state index contributed by atoms with van der Waals surface area (Å²) >= 11 is 1.62. The zero-order valence-corrected chi connectivity index (χ0v) is 27.6. The largest absolute Gasteiger partial charge is 0.493 e. The molecule has 12 heteroatoms. The third-order valence-corrected chi connectivity index (χ3v) is 9.14. The molecule has 1 heterocycles. The molecule has 1 aliphatic heterocycles. The number of hydrogen-bond acceptors (Lipinski definition) is 10. The molecule has 1 fully saturated rings. The molecule has 2 N–H and O–H groups in total. The molecule has 1 saturated heterocycles. The van der Waals surface area contributed by atoms with Gasteiger partial charge < -0.3 is 34.5 Å². The number of hydrogen-bond donors (Lipinski definition) is 2. The van der Waals surface area contributed by atoms with E-state index in [2.05, 4.69) is 10.6 Å². The highest BCUT2D eigenvalue weighted by Crippen LogP contribution is 2.50. The third-order valence-electron chi connectivity index (χ3n) is 8.50. The van der Waals surface area contributed by atoms with Gasteiger partial charge in [-0.1, -0.05) is 6.07 Å². The average Bonchev–Trinajstić information content (AvgIpc) is 3.29. The van der Waals surface area contributed by atoms with Crippen LogP contribution in [0.1, 0.15) is 49.8 Å². The molecule has 2 aromatic rings. The number of rotatable bonds is 11. The second-order valence-electron chi connectivity index (χ2n) is 11.2. The summed E-state index contributed by atoms with van der Waals surface area (Å²) in [5.74, 6) is 1.33. The van der Waals surface area contributed by atoms with Crippen molar-refractivity contribution in [2.24, 2.45) is 5.92 Å². The first-order valence-electron chi connectivity index (χ1n) is 15.1. The van der Waals surface area contributed by atoms with E-state index in [0.717, 1.165) is 11.1 Å². The summed E-state index contributed by atoms with van der Waals surface area (Å²) in [6, 6.07) is 5.90. The lowest BCUT2D eigenvalue weighted by atomic mass is 9.95. The topological polar surface area (TPSA) is 132 Å². The molecule has 0 saturated carbocycles. The van der Waals surface area contributed by atoms with Crippen LogP contribution in [0.15, 0.2) is 29.1 Å². The Morgan fingerprint density at radius 3 is 2.31 bits per heavy atom. The summed E-state index contributed by atoms with van der Waals surface area (Å²) < 4.78 is 22.0. The van der Waals surface area contributed by atoms with Crippen LogP contribution in [0.5, 0.6) is 17.2 Å². The van der Waals surface area contributed by atoms with Crippen molar-refractivity contribution in [2.45, 2.75) is 51.1 Å². The van der Waals surface area contributed by atoms with Gasteiger partial charge in [-0.15, -0.1) is 0 Å². The molecule has 0 unspecified atom stereocenters. The highest BCUT2D eigenvalue weighted by atomic mass is 32.2. The van der Waals surface area contributed by atoms with Crippen LogP contribution in [0.25, 0.3) is 11.1 Å². The molecule has 0 aromatic heterocycles. The van der Waals surface area contributed by atoms with Gasteiger partial charge in [0, 0.05) is 25.6 Å². The lowest BCUT2D eigenvalue weighted by Crippen LogP contribution is -2.48. The number of methoxy groups -OCH3 is 4. The molecular weight excluding hydrogens is 598 g/mol. The van der Waals surface area contributed by atoms with E-state index >= 15 is 0 Å². The lowest BCUT2D eigenvalue weighted by Gasteiger charge is -2.33. The number of amides is 2. The number of nitrogens with zero attached hydrogens (tertiary/aromatic N) is 1. The highest BCUT2D eigenvalue weighted by Gasteiger charge is 2.33. The van der Waals surface area contributed by atoms with E-state index < -0.39 is 12.1 Å². The Morgan fingerprint density at radius 2 is 1.71 bits per heavy atom. The van der Waals surface area contributed by atoms with Crippen LogP contribution in [0.4, 0.5) is 5.69 Å². The molecule has 0 radical (unpaired) electrons. The highest BCUT2D eigenvalue weighted by molar-refractivity contribution is 7.98. The molecule has 244 valence electrons. The monoisotopic (exact) mass is 641 g/mol. The smallest absolute Gasteiger partial charge is 0.308 e. The van der Waals surface area contributed by atoms with Gasteiger partial charge in [0.15, 0.2) is 11.5 Å². The van der Waals surface area contributed by atoms with Crippen LogP contribution >= 0.6 is 11.8 Å². The van der Waals surface area contributed by atoms with Gasteiger partial charge >= 0.3 is 5.97 Å². The number of esters is 1. The summed E-state index contributed by atoms with van der Waals surface area (Å²) in [7, 11) is 6.03. The Balaban J connectivity index is 1.77. The number of fused-ring (bicyclic) bond motifs is 3. The SMILES string of the molecule is COC(=O)C1CCN(C(=O)[C@@H](CCSC)Nc2ccc3c(cc2=O)[C@H](NC(C)=O)CCc2cc(OC)c(OC)c(OC)c2-3)CC1. The fourth-order valence-electron chi connectivity index (χ4n) is 6.23. The minimum atomic E-state index is -0.639. The molecule has 0 bridgehead atoms. The zero-order valence-electron chi connectivity index (χ0n) is 26.8. The Morgan fingerprint density at radius 1 is 1.00 bits per heavy atom. The van der Waals surface area contributed by atoms with E-state index in [4.69, 9.17) is 18.9 Å². The van der Waals surface area contributed by atoms with Gasteiger partial charge in [0.2, 0.25) is 23.0 Å². The molecule has 0 spiro atoms. The first kappa shape index (κ1) is 34.0. The van der Waals surface area contributed by atoms with Crippen molar-refractivity contribution in [3.8, 4) is 28.4 Å². The molecular formula is C33H43N3O8S. The summed E-state index contributed by atoms with van der Waals surface area (Å²) in [6.45, 7) is 2.34. The fraction of sp³-hybridized carbons (Fsp3) is 0.515. The standard InChI is InChI=1S/C33H43N3O8S/c1-19(37)34-24-9-7-21-17-28(41-2)30(42-3)31(43-4)29(21)22-8-10-25(27(38)18-23(22)24)35-26(13-16-45-6)32(39)36-14-11-20(12-15-36)33(40)44-5/h8,10,17-18,20,24,26H,7,9,11-16H2,1-6H3,(H,34,37)(H,35,38)/t24-,26-/m1/s1. The normalized spacial score (nSPS) is 16.8. The first-order chi connectivity index (χ1) is 21.7. The van der Waals surface area contributed by atoms with Gasteiger partial charge in [-0.05, 0) is 79.0 Å². The van der Waals surface area contributed by atoms with Crippen LogP contribution in [0.2, 0.25) is 0 Å². The number of likely N-dealkylation sites (tertiary alicyclic amines) is 1. The maximum Gasteiger partial charge on any atom is 0.308 e. The molecule has 11 nitrogen and oxygen atoms in total. The Kier molecular flexibility index (Phi) is 11.6. The van der Waals surface area contributed by atoms with Crippen LogP contribution < -0.4 is 30.3 Å². The first-order valence-corrected chi connectivity index (χ1v) is 16.5. The number of carbonyl (C=O) groups is 3. The Bertz CT molecular complexity index is 1470. The van der Waals surface area contributed by atoms with E-state index in [-0.39, 0.29) is 34.8 Å². The van der Waals surface area contributed by atoms with E-state index in [0.29, 0.717) is 79.3 Å². The molecule has 45 heavy (non-hydrogen) atoms. The molecule has 2 amide bonds. The number of carbonyl (C=O) groups excluding carboxylic acids is 3. The zero-order chi connectivity index (χ0) is 32.7. The lowest BCUT2D eigenvalue weighted by molar-refractivity contribution is -0.149. The van der Waals surface area contributed by atoms with Crippen molar-refractivity contribution in [3.05, 3.63) is 45.6 Å². The number of ether oxygens (including phenoxy) is 4. The van der Waals surface area contributed by atoms with Gasteiger partial charge in [-0.3, -0.25) is 19.2 Å². The Hall–Kier alpha value is -3.93. The van der Waals surface area contributed by atoms with E-state index in [9.17, 15) is 19.2 Å². The van der Waals surface area contributed by atoms with Gasteiger partial charge in [0.1, 0.15) is 6.04 Å². The number of aryl methyl sites for hydroxylation is 1. The van der Waals surface area contributed by atoms with Crippen LogP contribution in [-0.2, 0) is 25.5 Å². The number of thioether (sulfide) groups is 1. The average molecular weight is 642 g/mol. The maximum absolute atomic E-state index is 13.9. The number of piperidine rings is 1. The molecule has 2 atom stereocenters. The van der Waals surface area contributed by atoms with E-state index in [1.165, 1.54) is 21.1 Å².